The van der Waals surface area contributed by atoms with E-state index in [4.69, 9.17) is 9.47 Å². The van der Waals surface area contributed by atoms with Crippen molar-refractivity contribution in [2.75, 3.05) is 20.8 Å². The molecular formula is C19H21N3O3S. The topological polar surface area (TPSA) is 56.1 Å². The number of rotatable bonds is 5. The zero-order chi connectivity index (χ0) is 18.1. The van der Waals surface area contributed by atoms with Crippen LogP contribution in [0.1, 0.15) is 30.1 Å². The van der Waals surface area contributed by atoms with Crippen molar-refractivity contribution in [3.63, 3.8) is 0 Å². The Kier molecular flexibility index (Phi) is 4.65. The Morgan fingerprint density at radius 2 is 2.15 bits per heavy atom. The van der Waals surface area contributed by atoms with Crippen LogP contribution in [0.3, 0.4) is 0 Å². The van der Waals surface area contributed by atoms with Crippen LogP contribution in [-0.2, 0) is 6.54 Å². The molecule has 26 heavy (non-hydrogen) atoms. The molecule has 1 saturated heterocycles. The van der Waals surface area contributed by atoms with Crippen LogP contribution in [0.25, 0.3) is 4.96 Å². The first-order valence-electron chi connectivity index (χ1n) is 8.61. The number of hydrogen-bond donors (Lipinski definition) is 0. The highest BCUT2D eigenvalue weighted by atomic mass is 32.1. The smallest absolute Gasteiger partial charge is 0.258 e. The van der Waals surface area contributed by atoms with Crippen molar-refractivity contribution >= 4 is 16.3 Å². The zero-order valence-electron chi connectivity index (χ0n) is 14.8. The minimum atomic E-state index is -0.0241. The fraction of sp³-hybridized carbons (Fsp3) is 0.368. The molecule has 0 radical (unpaired) electrons. The van der Waals surface area contributed by atoms with Gasteiger partial charge >= 0.3 is 0 Å². The van der Waals surface area contributed by atoms with E-state index in [2.05, 4.69) is 16.0 Å². The van der Waals surface area contributed by atoms with Crippen molar-refractivity contribution in [2.45, 2.75) is 25.4 Å². The molecule has 2 aromatic heterocycles. The van der Waals surface area contributed by atoms with Crippen LogP contribution in [0.4, 0.5) is 0 Å². The van der Waals surface area contributed by atoms with Crippen LogP contribution in [0.5, 0.6) is 11.5 Å². The largest absolute Gasteiger partial charge is 0.497 e. The molecule has 0 saturated carbocycles. The van der Waals surface area contributed by atoms with E-state index in [9.17, 15) is 4.79 Å². The molecule has 0 amide bonds. The molecule has 0 N–H and O–H groups in total. The average Bonchev–Trinajstić information content (AvgIpc) is 3.30. The van der Waals surface area contributed by atoms with Crippen molar-refractivity contribution in [1.29, 1.82) is 0 Å². The summed E-state index contributed by atoms with van der Waals surface area (Å²) in [4.78, 5) is 20.0. The van der Waals surface area contributed by atoms with Gasteiger partial charge in [0.25, 0.3) is 5.56 Å². The number of hydrogen-bond acceptors (Lipinski definition) is 6. The van der Waals surface area contributed by atoms with E-state index in [1.54, 1.807) is 30.9 Å². The van der Waals surface area contributed by atoms with Gasteiger partial charge in [-0.3, -0.25) is 14.1 Å². The molecule has 1 atom stereocenters. The lowest BCUT2D eigenvalue weighted by atomic mass is 10.0. The highest BCUT2D eigenvalue weighted by Crippen LogP contribution is 2.39. The standard InChI is InChI=1S/C19H21N3O3S/c1-24-14-5-6-15(17(11-14)25-2)16-4-3-7-21(16)12-13-10-18(23)22-8-9-26-19(22)20-13/h5-6,8-11,16H,3-4,7,12H2,1-2H3/t16-/m1/s1. The van der Waals surface area contributed by atoms with Crippen LogP contribution in [-0.4, -0.2) is 35.0 Å². The van der Waals surface area contributed by atoms with Gasteiger partial charge < -0.3 is 9.47 Å². The molecule has 6 nitrogen and oxygen atoms in total. The Morgan fingerprint density at radius 1 is 1.27 bits per heavy atom. The first-order chi connectivity index (χ1) is 12.7. The molecule has 1 aliphatic heterocycles. The maximum Gasteiger partial charge on any atom is 0.258 e. The number of likely N-dealkylation sites (tertiary alicyclic amines) is 1. The predicted octanol–water partition coefficient (Wildman–Crippen LogP) is 3.11. The molecule has 1 fully saturated rings. The summed E-state index contributed by atoms with van der Waals surface area (Å²) < 4.78 is 12.5. The van der Waals surface area contributed by atoms with Crippen molar-refractivity contribution in [2.24, 2.45) is 0 Å². The Bertz CT molecular complexity index is 982. The highest BCUT2D eigenvalue weighted by molar-refractivity contribution is 7.15. The van der Waals surface area contributed by atoms with E-state index in [-0.39, 0.29) is 11.6 Å². The number of nitrogens with zero attached hydrogens (tertiary/aromatic N) is 3. The van der Waals surface area contributed by atoms with Gasteiger partial charge in [-0.1, -0.05) is 6.07 Å². The molecule has 0 aliphatic carbocycles. The summed E-state index contributed by atoms with van der Waals surface area (Å²) in [6, 6.07) is 7.86. The Labute approximate surface area is 155 Å². The van der Waals surface area contributed by atoms with E-state index in [1.807, 2.05) is 17.5 Å². The minimum absolute atomic E-state index is 0.0241. The number of methoxy groups -OCH3 is 2. The molecule has 136 valence electrons. The van der Waals surface area contributed by atoms with Gasteiger partial charge in [0, 0.05) is 41.9 Å². The number of benzene rings is 1. The summed E-state index contributed by atoms with van der Waals surface area (Å²) in [5.74, 6) is 1.62. The molecular weight excluding hydrogens is 350 g/mol. The van der Waals surface area contributed by atoms with Gasteiger partial charge in [-0.15, -0.1) is 11.3 Å². The summed E-state index contributed by atoms with van der Waals surface area (Å²) in [6.45, 7) is 1.63. The van der Waals surface area contributed by atoms with Gasteiger partial charge in [0.15, 0.2) is 4.96 Å². The van der Waals surface area contributed by atoms with Gasteiger partial charge in [-0.2, -0.15) is 0 Å². The average molecular weight is 371 g/mol. The van der Waals surface area contributed by atoms with Crippen molar-refractivity contribution in [3.8, 4) is 11.5 Å². The summed E-state index contributed by atoms with van der Waals surface area (Å²) in [6.07, 6.45) is 3.93. The first kappa shape index (κ1) is 17.1. The van der Waals surface area contributed by atoms with Gasteiger partial charge in [-0.25, -0.2) is 4.98 Å². The van der Waals surface area contributed by atoms with Crippen LogP contribution in [0, 0.1) is 0 Å². The minimum Gasteiger partial charge on any atom is -0.497 e. The van der Waals surface area contributed by atoms with Crippen molar-refractivity contribution in [1.82, 2.24) is 14.3 Å². The zero-order valence-corrected chi connectivity index (χ0v) is 15.7. The van der Waals surface area contributed by atoms with Crippen LogP contribution in [0.15, 0.2) is 40.6 Å². The molecule has 1 aromatic carbocycles. The number of fused-ring (bicyclic) bond motifs is 1. The second-order valence-corrected chi connectivity index (χ2v) is 7.25. The molecule has 0 unspecified atom stereocenters. The van der Waals surface area contributed by atoms with Gasteiger partial charge in [0.2, 0.25) is 0 Å². The van der Waals surface area contributed by atoms with Crippen LogP contribution >= 0.6 is 11.3 Å². The Hall–Kier alpha value is -2.38. The molecule has 3 aromatic rings. The van der Waals surface area contributed by atoms with Crippen LogP contribution < -0.4 is 15.0 Å². The van der Waals surface area contributed by atoms with Gasteiger partial charge in [0.1, 0.15) is 11.5 Å². The monoisotopic (exact) mass is 371 g/mol. The summed E-state index contributed by atoms with van der Waals surface area (Å²) in [7, 11) is 3.34. The van der Waals surface area contributed by atoms with Crippen LogP contribution in [0.2, 0.25) is 0 Å². The number of thiazole rings is 1. The van der Waals surface area contributed by atoms with E-state index in [0.717, 1.165) is 47.1 Å². The maximum absolute atomic E-state index is 12.2. The van der Waals surface area contributed by atoms with E-state index < -0.39 is 0 Å². The number of aromatic nitrogens is 2. The second-order valence-electron chi connectivity index (χ2n) is 6.38. The SMILES string of the molecule is COc1ccc([C@H]2CCCN2Cc2cc(=O)n3ccsc3n2)c(OC)c1. The quantitative estimate of drug-likeness (QED) is 0.690. The lowest BCUT2D eigenvalue weighted by Crippen LogP contribution is -2.25. The first-order valence-corrected chi connectivity index (χ1v) is 9.49. The fourth-order valence-electron chi connectivity index (χ4n) is 3.64. The van der Waals surface area contributed by atoms with E-state index in [1.165, 1.54) is 11.3 Å². The Balaban J connectivity index is 1.63. The Morgan fingerprint density at radius 3 is 2.96 bits per heavy atom. The van der Waals surface area contributed by atoms with Gasteiger partial charge in [-0.05, 0) is 25.5 Å². The van der Waals surface area contributed by atoms with E-state index in [0.29, 0.717) is 6.54 Å². The molecule has 4 rings (SSSR count). The third-order valence-electron chi connectivity index (χ3n) is 4.88. The number of ether oxygens (including phenoxy) is 2. The normalized spacial score (nSPS) is 17.7. The third-order valence-corrected chi connectivity index (χ3v) is 5.64. The van der Waals surface area contributed by atoms with E-state index >= 15 is 0 Å². The lowest BCUT2D eigenvalue weighted by molar-refractivity contribution is 0.240. The summed E-state index contributed by atoms with van der Waals surface area (Å²) in [5.41, 5.74) is 1.94. The third kappa shape index (κ3) is 3.08. The van der Waals surface area contributed by atoms with Gasteiger partial charge in [0.05, 0.1) is 19.9 Å². The molecule has 0 bridgehead atoms. The predicted molar refractivity (Wildman–Crippen MR) is 101 cm³/mol. The molecule has 1 aliphatic rings. The summed E-state index contributed by atoms with van der Waals surface area (Å²) >= 11 is 1.48. The fourth-order valence-corrected chi connectivity index (χ4v) is 4.38. The molecule has 7 heteroatoms. The molecule has 0 spiro atoms. The lowest BCUT2D eigenvalue weighted by Gasteiger charge is -2.26. The highest BCUT2D eigenvalue weighted by Gasteiger charge is 2.29. The summed E-state index contributed by atoms with van der Waals surface area (Å²) in [5, 5.41) is 1.88. The van der Waals surface area contributed by atoms with Crippen molar-refractivity contribution in [3.05, 3.63) is 57.5 Å². The maximum atomic E-state index is 12.2. The van der Waals surface area contributed by atoms with Crippen molar-refractivity contribution < 1.29 is 9.47 Å². The second kappa shape index (κ2) is 7.09. The molecule has 3 heterocycles.